The summed E-state index contributed by atoms with van der Waals surface area (Å²) >= 11 is 0. The third-order valence-electron chi connectivity index (χ3n) is 4.84. The van der Waals surface area contributed by atoms with Gasteiger partial charge in [-0.25, -0.2) is 0 Å². The van der Waals surface area contributed by atoms with E-state index in [-0.39, 0.29) is 0 Å². The molecule has 1 saturated carbocycles. The molecule has 1 aliphatic carbocycles. The minimum absolute atomic E-state index is 0.414. The second-order valence-corrected chi connectivity index (χ2v) is 6.46. The third kappa shape index (κ3) is 2.47. The van der Waals surface area contributed by atoms with Gasteiger partial charge in [0.25, 0.3) is 0 Å². The molecule has 1 fully saturated rings. The first-order chi connectivity index (χ1) is 9.58. The Labute approximate surface area is 120 Å². The van der Waals surface area contributed by atoms with Crippen LogP contribution in [0.25, 0.3) is 10.9 Å². The van der Waals surface area contributed by atoms with Crippen LogP contribution in [0.3, 0.4) is 0 Å². The lowest BCUT2D eigenvalue weighted by atomic mass is 9.75. The van der Waals surface area contributed by atoms with Gasteiger partial charge in [-0.3, -0.25) is 4.68 Å². The molecule has 3 nitrogen and oxygen atoms in total. The quantitative estimate of drug-likeness (QED) is 0.929. The highest BCUT2D eigenvalue weighted by molar-refractivity contribution is 5.81. The van der Waals surface area contributed by atoms with E-state index in [4.69, 9.17) is 0 Å². The Kier molecular flexibility index (Phi) is 3.55. The summed E-state index contributed by atoms with van der Waals surface area (Å²) in [5.74, 6) is 0.414. The van der Waals surface area contributed by atoms with Crippen LogP contribution in [-0.2, 0) is 13.5 Å². The standard InChI is InChI=1S/C17H24N2O/c1-17(20,13-8-4-3-5-9-13)12-15-14-10-6-7-11-16(14)19(2)18-15/h6-7,10-11,13,20H,3-5,8-9,12H2,1-2H3. The fraction of sp³-hybridized carbons (Fsp3) is 0.588. The lowest BCUT2D eigenvalue weighted by molar-refractivity contribution is -0.0165. The first kappa shape index (κ1) is 13.6. The monoisotopic (exact) mass is 272 g/mol. The van der Waals surface area contributed by atoms with Crippen molar-refractivity contribution in [1.82, 2.24) is 9.78 Å². The normalized spacial score (nSPS) is 20.1. The van der Waals surface area contributed by atoms with Gasteiger partial charge in [0.2, 0.25) is 0 Å². The maximum Gasteiger partial charge on any atom is 0.0731 e. The Balaban J connectivity index is 1.88. The Morgan fingerprint density at radius 2 is 1.95 bits per heavy atom. The van der Waals surface area contributed by atoms with Gasteiger partial charge in [0.1, 0.15) is 0 Å². The second kappa shape index (κ2) is 5.21. The summed E-state index contributed by atoms with van der Waals surface area (Å²) in [5.41, 5.74) is 1.53. The Hall–Kier alpha value is -1.35. The maximum absolute atomic E-state index is 10.9. The number of fused-ring (bicyclic) bond motifs is 1. The zero-order chi connectivity index (χ0) is 14.2. The van der Waals surface area contributed by atoms with Crippen LogP contribution in [0.5, 0.6) is 0 Å². The maximum atomic E-state index is 10.9. The van der Waals surface area contributed by atoms with E-state index in [9.17, 15) is 5.11 Å². The Bertz CT molecular complexity index is 594. The molecule has 1 atom stereocenters. The third-order valence-corrected chi connectivity index (χ3v) is 4.84. The van der Waals surface area contributed by atoms with Crippen LogP contribution >= 0.6 is 0 Å². The zero-order valence-corrected chi connectivity index (χ0v) is 12.5. The molecule has 1 aliphatic rings. The van der Waals surface area contributed by atoms with E-state index in [2.05, 4.69) is 17.2 Å². The molecule has 0 saturated heterocycles. The van der Waals surface area contributed by atoms with Crippen LogP contribution < -0.4 is 0 Å². The first-order valence-electron chi connectivity index (χ1n) is 7.71. The summed E-state index contributed by atoms with van der Waals surface area (Å²) in [6.45, 7) is 1.99. The molecule has 1 aromatic carbocycles. The lowest BCUT2D eigenvalue weighted by Gasteiger charge is -2.35. The summed E-state index contributed by atoms with van der Waals surface area (Å²) in [5, 5.41) is 16.7. The summed E-state index contributed by atoms with van der Waals surface area (Å²) in [6.07, 6.45) is 6.78. The van der Waals surface area contributed by atoms with Crippen molar-refractivity contribution in [1.29, 1.82) is 0 Å². The summed E-state index contributed by atoms with van der Waals surface area (Å²) < 4.78 is 1.92. The SMILES string of the molecule is Cn1nc(CC(C)(O)C2CCCCC2)c2ccccc21. The van der Waals surface area contributed by atoms with E-state index in [0.717, 1.165) is 24.1 Å². The predicted molar refractivity (Wildman–Crippen MR) is 81.6 cm³/mol. The van der Waals surface area contributed by atoms with Crippen LogP contribution in [0.2, 0.25) is 0 Å². The van der Waals surface area contributed by atoms with Crippen LogP contribution in [0, 0.1) is 5.92 Å². The second-order valence-electron chi connectivity index (χ2n) is 6.46. The molecule has 1 aromatic heterocycles. The molecule has 3 heteroatoms. The summed E-state index contributed by atoms with van der Waals surface area (Å²) in [4.78, 5) is 0. The molecule has 0 amide bonds. The molecule has 20 heavy (non-hydrogen) atoms. The molecule has 2 aromatic rings. The van der Waals surface area contributed by atoms with Gasteiger partial charge >= 0.3 is 0 Å². The van der Waals surface area contributed by atoms with Crippen LogP contribution in [0.15, 0.2) is 24.3 Å². The number of benzene rings is 1. The molecule has 108 valence electrons. The minimum atomic E-state index is -0.641. The van der Waals surface area contributed by atoms with Gasteiger partial charge in [-0.15, -0.1) is 0 Å². The van der Waals surface area contributed by atoms with Crippen molar-refractivity contribution in [2.24, 2.45) is 13.0 Å². The zero-order valence-electron chi connectivity index (χ0n) is 12.5. The van der Waals surface area contributed by atoms with Gasteiger partial charge in [-0.05, 0) is 31.7 Å². The van der Waals surface area contributed by atoms with Gasteiger partial charge in [-0.1, -0.05) is 37.5 Å². The average Bonchev–Trinajstić information content (AvgIpc) is 2.76. The van der Waals surface area contributed by atoms with Gasteiger partial charge in [0.15, 0.2) is 0 Å². The number of hydrogen-bond acceptors (Lipinski definition) is 2. The molecule has 1 unspecified atom stereocenters. The van der Waals surface area contributed by atoms with E-state index >= 15 is 0 Å². The molecule has 1 heterocycles. The Morgan fingerprint density at radius 3 is 2.70 bits per heavy atom. The molecular formula is C17H24N2O. The highest BCUT2D eigenvalue weighted by Gasteiger charge is 2.34. The van der Waals surface area contributed by atoms with Crippen molar-refractivity contribution < 1.29 is 5.11 Å². The van der Waals surface area contributed by atoms with E-state index in [1.54, 1.807) is 0 Å². The number of nitrogens with zero attached hydrogens (tertiary/aromatic N) is 2. The minimum Gasteiger partial charge on any atom is -0.389 e. The Morgan fingerprint density at radius 1 is 1.25 bits per heavy atom. The largest absolute Gasteiger partial charge is 0.389 e. The van der Waals surface area contributed by atoms with Crippen molar-refractivity contribution in [3.8, 4) is 0 Å². The van der Waals surface area contributed by atoms with E-state index in [1.807, 2.05) is 30.8 Å². The fourth-order valence-corrected chi connectivity index (χ4v) is 3.63. The van der Waals surface area contributed by atoms with E-state index in [0.29, 0.717) is 12.3 Å². The fourth-order valence-electron chi connectivity index (χ4n) is 3.63. The summed E-state index contributed by atoms with van der Waals surface area (Å²) in [7, 11) is 1.97. The molecule has 0 radical (unpaired) electrons. The van der Waals surface area contributed by atoms with E-state index in [1.165, 1.54) is 24.6 Å². The van der Waals surface area contributed by atoms with Crippen molar-refractivity contribution in [2.75, 3.05) is 0 Å². The van der Waals surface area contributed by atoms with Crippen LogP contribution in [0.4, 0.5) is 0 Å². The van der Waals surface area contributed by atoms with Gasteiger partial charge < -0.3 is 5.11 Å². The van der Waals surface area contributed by atoms with Crippen molar-refractivity contribution in [3.05, 3.63) is 30.0 Å². The summed E-state index contributed by atoms with van der Waals surface area (Å²) in [6, 6.07) is 8.27. The number of rotatable bonds is 3. The van der Waals surface area contributed by atoms with Crippen molar-refractivity contribution >= 4 is 10.9 Å². The average molecular weight is 272 g/mol. The lowest BCUT2D eigenvalue weighted by Crippen LogP contribution is -2.38. The van der Waals surface area contributed by atoms with Crippen LogP contribution in [0.1, 0.15) is 44.7 Å². The molecule has 3 rings (SSSR count). The smallest absolute Gasteiger partial charge is 0.0731 e. The number of para-hydroxylation sites is 1. The molecular weight excluding hydrogens is 248 g/mol. The highest BCUT2D eigenvalue weighted by atomic mass is 16.3. The molecule has 0 aliphatic heterocycles. The first-order valence-corrected chi connectivity index (χ1v) is 7.71. The highest BCUT2D eigenvalue weighted by Crippen LogP contribution is 2.35. The van der Waals surface area contributed by atoms with Crippen LogP contribution in [-0.4, -0.2) is 20.5 Å². The van der Waals surface area contributed by atoms with Gasteiger partial charge in [0, 0.05) is 18.9 Å². The number of aryl methyl sites for hydroxylation is 1. The predicted octanol–water partition coefficient (Wildman–Crippen LogP) is 3.45. The van der Waals surface area contributed by atoms with Gasteiger partial charge in [-0.2, -0.15) is 5.10 Å². The molecule has 0 bridgehead atoms. The number of aliphatic hydroxyl groups is 1. The topological polar surface area (TPSA) is 38.0 Å². The molecule has 1 N–H and O–H groups in total. The van der Waals surface area contributed by atoms with E-state index < -0.39 is 5.60 Å². The van der Waals surface area contributed by atoms with Gasteiger partial charge in [0.05, 0.1) is 16.8 Å². The number of aromatic nitrogens is 2. The van der Waals surface area contributed by atoms with Crippen molar-refractivity contribution in [3.63, 3.8) is 0 Å². The number of hydrogen-bond donors (Lipinski definition) is 1. The van der Waals surface area contributed by atoms with Crippen molar-refractivity contribution in [2.45, 2.75) is 51.0 Å². The molecule has 0 spiro atoms.